The normalized spacial score (nSPS) is 13.2. The second-order valence-corrected chi connectivity index (χ2v) is 4.84. The lowest BCUT2D eigenvalue weighted by Crippen LogP contribution is -2.40. The molecule has 110 valence electrons. The number of amidine groups is 1. The molecule has 0 aliphatic rings. The predicted molar refractivity (Wildman–Crippen MR) is 78.7 cm³/mol. The van der Waals surface area contributed by atoms with Crippen molar-refractivity contribution in [1.29, 1.82) is 0 Å². The second-order valence-electron chi connectivity index (χ2n) is 4.84. The Bertz CT molecular complexity index is 446. The molecule has 0 aliphatic carbocycles. The lowest BCUT2D eigenvalue weighted by atomic mass is 9.98. The zero-order chi connectivity index (χ0) is 15.0. The summed E-state index contributed by atoms with van der Waals surface area (Å²) in [5.41, 5.74) is 6.64. The van der Waals surface area contributed by atoms with E-state index in [4.69, 9.17) is 10.9 Å². The third-order valence-corrected chi connectivity index (χ3v) is 2.76. The minimum atomic E-state index is -0.270. The number of carbonyl (C=O) groups is 1. The van der Waals surface area contributed by atoms with Gasteiger partial charge >= 0.3 is 0 Å². The molecule has 20 heavy (non-hydrogen) atoms. The van der Waals surface area contributed by atoms with Crippen LogP contribution in [0.15, 0.2) is 35.5 Å². The van der Waals surface area contributed by atoms with Gasteiger partial charge in [0.2, 0.25) is 5.91 Å². The Balaban J connectivity index is 2.58. The van der Waals surface area contributed by atoms with Crippen LogP contribution in [0.5, 0.6) is 0 Å². The molecule has 0 saturated heterocycles. The molecule has 6 heteroatoms. The fourth-order valence-corrected chi connectivity index (χ4v) is 1.85. The Morgan fingerprint density at radius 2 is 2.00 bits per heavy atom. The number of rotatable bonds is 7. The average molecular weight is 278 g/mol. The number of nitrogens with zero attached hydrogens (tertiary/aromatic N) is 1. The summed E-state index contributed by atoms with van der Waals surface area (Å²) in [5, 5.41) is 17.7. The van der Waals surface area contributed by atoms with Crippen LogP contribution >= 0.6 is 0 Å². The van der Waals surface area contributed by atoms with Crippen LogP contribution in [0.1, 0.15) is 25.3 Å². The maximum Gasteiger partial charge on any atom is 0.234 e. The first-order valence-electron chi connectivity index (χ1n) is 6.57. The number of nitrogens with two attached hydrogens (primary N) is 1. The molecule has 0 fully saturated rings. The Morgan fingerprint density at radius 3 is 2.55 bits per heavy atom. The Hall–Kier alpha value is -2.08. The lowest BCUT2D eigenvalue weighted by molar-refractivity contribution is -0.120. The first kappa shape index (κ1) is 16.0. The zero-order valence-electron chi connectivity index (χ0n) is 11.8. The monoisotopic (exact) mass is 278 g/mol. The van der Waals surface area contributed by atoms with Crippen LogP contribution in [0, 0.1) is 0 Å². The van der Waals surface area contributed by atoms with Crippen molar-refractivity contribution in [3.05, 3.63) is 35.9 Å². The van der Waals surface area contributed by atoms with Gasteiger partial charge in [-0.1, -0.05) is 35.5 Å². The van der Waals surface area contributed by atoms with Crippen LogP contribution in [-0.4, -0.2) is 36.1 Å². The van der Waals surface area contributed by atoms with E-state index in [1.807, 2.05) is 44.2 Å². The molecule has 0 aliphatic heterocycles. The van der Waals surface area contributed by atoms with Crippen molar-refractivity contribution in [2.45, 2.75) is 25.8 Å². The largest absolute Gasteiger partial charge is 0.409 e. The number of amides is 1. The summed E-state index contributed by atoms with van der Waals surface area (Å²) < 4.78 is 0. The van der Waals surface area contributed by atoms with Gasteiger partial charge in [0, 0.05) is 12.6 Å². The number of hydrogen-bond acceptors (Lipinski definition) is 4. The van der Waals surface area contributed by atoms with Crippen LogP contribution in [-0.2, 0) is 4.79 Å². The number of nitrogens with one attached hydrogen (secondary N) is 2. The summed E-state index contributed by atoms with van der Waals surface area (Å²) in [7, 11) is 0. The smallest absolute Gasteiger partial charge is 0.234 e. The molecule has 1 rings (SSSR count). The molecule has 0 heterocycles. The van der Waals surface area contributed by atoms with Crippen molar-refractivity contribution in [1.82, 2.24) is 10.6 Å². The van der Waals surface area contributed by atoms with E-state index in [1.165, 1.54) is 0 Å². The van der Waals surface area contributed by atoms with Crippen LogP contribution in [0.25, 0.3) is 0 Å². The molecule has 1 aromatic rings. The molecular weight excluding hydrogens is 256 g/mol. The van der Waals surface area contributed by atoms with Crippen molar-refractivity contribution < 1.29 is 10.0 Å². The average Bonchev–Trinajstić information content (AvgIpc) is 2.43. The van der Waals surface area contributed by atoms with E-state index in [1.54, 1.807) is 0 Å². The SMILES string of the molecule is CC(C)NC(=O)CNCC(C(N)=NO)c1ccccc1. The molecule has 1 aromatic carbocycles. The van der Waals surface area contributed by atoms with E-state index in [0.717, 1.165) is 5.56 Å². The molecule has 1 unspecified atom stereocenters. The molecular formula is C14H22N4O2. The van der Waals surface area contributed by atoms with E-state index in [9.17, 15) is 4.79 Å². The summed E-state index contributed by atoms with van der Waals surface area (Å²) >= 11 is 0. The maximum atomic E-state index is 11.5. The van der Waals surface area contributed by atoms with Crippen LogP contribution in [0.3, 0.4) is 0 Å². The van der Waals surface area contributed by atoms with E-state index in [0.29, 0.717) is 6.54 Å². The molecule has 0 aromatic heterocycles. The van der Waals surface area contributed by atoms with Gasteiger partial charge in [0.25, 0.3) is 0 Å². The van der Waals surface area contributed by atoms with E-state index in [-0.39, 0.29) is 30.2 Å². The van der Waals surface area contributed by atoms with E-state index < -0.39 is 0 Å². The summed E-state index contributed by atoms with van der Waals surface area (Å²) in [5.74, 6) is -0.229. The predicted octanol–water partition coefficient (Wildman–Crippen LogP) is 0.631. The third kappa shape index (κ3) is 5.27. The number of hydrogen-bond donors (Lipinski definition) is 4. The second kappa shape index (κ2) is 8.16. The van der Waals surface area contributed by atoms with Gasteiger partial charge in [-0.3, -0.25) is 4.79 Å². The number of oxime groups is 1. The van der Waals surface area contributed by atoms with Gasteiger partial charge in [-0.05, 0) is 19.4 Å². The highest BCUT2D eigenvalue weighted by atomic mass is 16.4. The van der Waals surface area contributed by atoms with Gasteiger partial charge < -0.3 is 21.6 Å². The fraction of sp³-hybridized carbons (Fsp3) is 0.429. The van der Waals surface area contributed by atoms with Gasteiger partial charge in [0.15, 0.2) is 0 Å². The number of carbonyl (C=O) groups excluding carboxylic acids is 1. The summed E-state index contributed by atoms with van der Waals surface area (Å²) in [6.07, 6.45) is 0. The van der Waals surface area contributed by atoms with E-state index >= 15 is 0 Å². The van der Waals surface area contributed by atoms with Gasteiger partial charge in [-0.2, -0.15) is 0 Å². The molecule has 5 N–H and O–H groups in total. The van der Waals surface area contributed by atoms with Crippen LogP contribution in [0.4, 0.5) is 0 Å². The molecule has 0 saturated carbocycles. The maximum absolute atomic E-state index is 11.5. The van der Waals surface area contributed by atoms with Crippen LogP contribution in [0.2, 0.25) is 0 Å². The minimum absolute atomic E-state index is 0.0775. The fourth-order valence-electron chi connectivity index (χ4n) is 1.85. The van der Waals surface area contributed by atoms with Crippen molar-refractivity contribution in [2.75, 3.05) is 13.1 Å². The summed E-state index contributed by atoms with van der Waals surface area (Å²) in [4.78, 5) is 11.5. The molecule has 1 atom stereocenters. The lowest BCUT2D eigenvalue weighted by Gasteiger charge is -2.17. The van der Waals surface area contributed by atoms with Gasteiger partial charge in [-0.15, -0.1) is 0 Å². The molecule has 6 nitrogen and oxygen atoms in total. The molecule has 1 amide bonds. The van der Waals surface area contributed by atoms with Gasteiger partial charge in [-0.25, -0.2) is 0 Å². The van der Waals surface area contributed by atoms with Crippen molar-refractivity contribution >= 4 is 11.7 Å². The highest BCUT2D eigenvalue weighted by molar-refractivity contribution is 5.87. The highest BCUT2D eigenvalue weighted by Crippen LogP contribution is 2.14. The molecule has 0 radical (unpaired) electrons. The standard InChI is InChI=1S/C14H22N4O2/c1-10(2)17-13(19)9-16-8-12(14(15)18-20)11-6-4-3-5-7-11/h3-7,10,12,16,20H,8-9H2,1-2H3,(H2,15,18)(H,17,19). The van der Waals surface area contributed by atoms with Crippen LogP contribution < -0.4 is 16.4 Å². The van der Waals surface area contributed by atoms with Gasteiger partial charge in [0.05, 0.1) is 12.5 Å². The topological polar surface area (TPSA) is 99.7 Å². The van der Waals surface area contributed by atoms with Crippen molar-refractivity contribution in [3.8, 4) is 0 Å². The quantitative estimate of drug-likeness (QED) is 0.254. The van der Waals surface area contributed by atoms with E-state index in [2.05, 4.69) is 15.8 Å². The van der Waals surface area contributed by atoms with Crippen molar-refractivity contribution in [3.63, 3.8) is 0 Å². The number of benzene rings is 1. The summed E-state index contributed by atoms with van der Waals surface area (Å²) in [6.45, 7) is 4.42. The third-order valence-electron chi connectivity index (χ3n) is 2.76. The first-order valence-corrected chi connectivity index (χ1v) is 6.57. The zero-order valence-corrected chi connectivity index (χ0v) is 11.8. The summed E-state index contributed by atoms with van der Waals surface area (Å²) in [6, 6.07) is 9.59. The minimum Gasteiger partial charge on any atom is -0.409 e. The highest BCUT2D eigenvalue weighted by Gasteiger charge is 2.16. The molecule has 0 bridgehead atoms. The van der Waals surface area contributed by atoms with Gasteiger partial charge in [0.1, 0.15) is 5.84 Å². The van der Waals surface area contributed by atoms with Crippen molar-refractivity contribution in [2.24, 2.45) is 10.9 Å². The molecule has 0 spiro atoms. The Labute approximate surface area is 119 Å². The Kier molecular flexibility index (Phi) is 6.52. The Morgan fingerprint density at radius 1 is 1.35 bits per heavy atom. The first-order chi connectivity index (χ1) is 9.54.